The first-order valence-electron chi connectivity index (χ1n) is 9.69. The summed E-state index contributed by atoms with van der Waals surface area (Å²) in [5, 5.41) is 0. The van der Waals surface area contributed by atoms with Crippen molar-refractivity contribution >= 4 is 11.9 Å². The van der Waals surface area contributed by atoms with E-state index < -0.39 is 0 Å². The zero-order chi connectivity index (χ0) is 20.0. The van der Waals surface area contributed by atoms with Gasteiger partial charge >= 0.3 is 0 Å². The standard InChI is InChI=1S/C23H33NO3/c1-17(2)9-7-13-23(4)14-12-20-21(27-23)11-10-19(18(3)25)22(20)26-16-8-15-24(5)6/h9-12,14H,7-8,13,15-16H2,1-6H3. The number of Topliss-reactive ketones (excluding diaryl/α,β-unsaturated/α-hetero) is 1. The number of hydrogen-bond acceptors (Lipinski definition) is 4. The zero-order valence-corrected chi connectivity index (χ0v) is 17.6. The number of carbonyl (C=O) groups is 1. The predicted molar refractivity (Wildman–Crippen MR) is 112 cm³/mol. The Morgan fingerprint density at radius 3 is 2.63 bits per heavy atom. The fourth-order valence-corrected chi connectivity index (χ4v) is 3.14. The van der Waals surface area contributed by atoms with Crippen LogP contribution in [0.2, 0.25) is 0 Å². The number of allylic oxidation sites excluding steroid dienone is 2. The molecule has 0 bridgehead atoms. The number of nitrogens with zero attached hydrogens (tertiary/aromatic N) is 1. The molecule has 0 radical (unpaired) electrons. The molecule has 2 rings (SSSR count). The summed E-state index contributed by atoms with van der Waals surface area (Å²) < 4.78 is 12.3. The van der Waals surface area contributed by atoms with Crippen molar-refractivity contribution in [1.29, 1.82) is 0 Å². The summed E-state index contributed by atoms with van der Waals surface area (Å²) in [5.41, 5.74) is 2.45. The number of carbonyl (C=O) groups excluding carboxylic acids is 1. The van der Waals surface area contributed by atoms with Gasteiger partial charge in [0, 0.05) is 6.54 Å². The molecule has 1 atom stereocenters. The summed E-state index contributed by atoms with van der Waals surface area (Å²) >= 11 is 0. The van der Waals surface area contributed by atoms with E-state index >= 15 is 0 Å². The number of benzene rings is 1. The fourth-order valence-electron chi connectivity index (χ4n) is 3.14. The Kier molecular flexibility index (Phi) is 7.25. The molecule has 1 aliphatic rings. The number of fused-ring (bicyclic) bond motifs is 1. The van der Waals surface area contributed by atoms with Gasteiger partial charge in [0.2, 0.25) is 0 Å². The first-order valence-corrected chi connectivity index (χ1v) is 9.69. The van der Waals surface area contributed by atoms with E-state index in [0.717, 1.165) is 37.1 Å². The van der Waals surface area contributed by atoms with Crippen LogP contribution in [0.25, 0.3) is 6.08 Å². The highest BCUT2D eigenvalue weighted by Gasteiger charge is 2.29. The molecule has 1 aromatic carbocycles. The van der Waals surface area contributed by atoms with E-state index in [1.807, 2.05) is 26.2 Å². The van der Waals surface area contributed by atoms with Crippen LogP contribution in [0, 0.1) is 0 Å². The van der Waals surface area contributed by atoms with Crippen molar-refractivity contribution in [2.45, 2.75) is 52.6 Å². The van der Waals surface area contributed by atoms with Crippen molar-refractivity contribution < 1.29 is 14.3 Å². The Morgan fingerprint density at radius 1 is 1.26 bits per heavy atom. The number of rotatable bonds is 9. The first kappa shape index (κ1) is 21.2. The highest BCUT2D eigenvalue weighted by atomic mass is 16.5. The Hall–Kier alpha value is -2.07. The van der Waals surface area contributed by atoms with Gasteiger partial charge in [-0.25, -0.2) is 0 Å². The van der Waals surface area contributed by atoms with Crippen LogP contribution >= 0.6 is 0 Å². The molecule has 148 valence electrons. The van der Waals surface area contributed by atoms with E-state index in [2.05, 4.69) is 43.9 Å². The molecule has 4 nitrogen and oxygen atoms in total. The van der Waals surface area contributed by atoms with E-state index in [1.54, 1.807) is 6.92 Å². The molecule has 4 heteroatoms. The lowest BCUT2D eigenvalue weighted by Crippen LogP contribution is -2.32. The summed E-state index contributed by atoms with van der Waals surface area (Å²) in [6.45, 7) is 9.41. The SMILES string of the molecule is CC(=O)c1ccc2c(c1OCCCN(C)C)C=CC(C)(CCC=C(C)C)O2. The molecule has 0 saturated carbocycles. The third kappa shape index (κ3) is 5.96. The summed E-state index contributed by atoms with van der Waals surface area (Å²) in [4.78, 5) is 14.2. The molecule has 0 aliphatic carbocycles. The second-order valence-electron chi connectivity index (χ2n) is 7.98. The molecule has 0 aromatic heterocycles. The minimum Gasteiger partial charge on any atom is -0.492 e. The molecule has 1 aliphatic heterocycles. The lowest BCUT2D eigenvalue weighted by Gasteiger charge is -2.32. The molecule has 1 unspecified atom stereocenters. The maximum Gasteiger partial charge on any atom is 0.163 e. The predicted octanol–water partition coefficient (Wildman–Crippen LogP) is 5.13. The first-order chi connectivity index (χ1) is 12.7. The summed E-state index contributed by atoms with van der Waals surface area (Å²) in [6, 6.07) is 3.71. The van der Waals surface area contributed by atoms with Gasteiger partial charge in [0.25, 0.3) is 0 Å². The third-order valence-corrected chi connectivity index (χ3v) is 4.67. The zero-order valence-electron chi connectivity index (χ0n) is 17.6. The van der Waals surface area contributed by atoms with E-state index in [9.17, 15) is 4.79 Å². The van der Waals surface area contributed by atoms with Crippen LogP contribution in [0.3, 0.4) is 0 Å². The van der Waals surface area contributed by atoms with Crippen LogP contribution in [0.5, 0.6) is 11.5 Å². The highest BCUT2D eigenvalue weighted by molar-refractivity contribution is 5.98. The van der Waals surface area contributed by atoms with Gasteiger partial charge in [-0.2, -0.15) is 0 Å². The Balaban J connectivity index is 2.22. The normalized spacial score (nSPS) is 18.0. The lowest BCUT2D eigenvalue weighted by atomic mass is 9.93. The monoisotopic (exact) mass is 371 g/mol. The molecule has 0 N–H and O–H groups in total. The van der Waals surface area contributed by atoms with Gasteiger partial charge in [-0.3, -0.25) is 4.79 Å². The molecule has 0 spiro atoms. The molecule has 0 saturated heterocycles. The molecular formula is C23H33NO3. The average Bonchev–Trinajstić information content (AvgIpc) is 2.57. The topological polar surface area (TPSA) is 38.8 Å². The lowest BCUT2D eigenvalue weighted by molar-refractivity contribution is 0.101. The van der Waals surface area contributed by atoms with Crippen molar-refractivity contribution in [1.82, 2.24) is 4.90 Å². The Labute approximate surface area is 163 Å². The largest absolute Gasteiger partial charge is 0.492 e. The van der Waals surface area contributed by atoms with Crippen LogP contribution < -0.4 is 9.47 Å². The van der Waals surface area contributed by atoms with Gasteiger partial charge in [-0.1, -0.05) is 11.6 Å². The number of ketones is 1. The van der Waals surface area contributed by atoms with Gasteiger partial charge in [0.15, 0.2) is 5.78 Å². The van der Waals surface area contributed by atoms with Crippen LogP contribution in [0.1, 0.15) is 62.9 Å². The van der Waals surface area contributed by atoms with E-state index in [0.29, 0.717) is 17.9 Å². The van der Waals surface area contributed by atoms with E-state index in [4.69, 9.17) is 9.47 Å². The van der Waals surface area contributed by atoms with Crippen LogP contribution in [0.15, 0.2) is 29.9 Å². The van der Waals surface area contributed by atoms with Crippen LogP contribution in [0.4, 0.5) is 0 Å². The van der Waals surface area contributed by atoms with E-state index in [-0.39, 0.29) is 11.4 Å². The van der Waals surface area contributed by atoms with Crippen molar-refractivity contribution in [3.8, 4) is 11.5 Å². The highest BCUT2D eigenvalue weighted by Crippen LogP contribution is 2.40. The molecule has 27 heavy (non-hydrogen) atoms. The van der Waals surface area contributed by atoms with Crippen LogP contribution in [-0.4, -0.2) is 43.5 Å². The Morgan fingerprint density at radius 2 is 2.00 bits per heavy atom. The molecule has 0 fully saturated rings. The maximum atomic E-state index is 12.1. The molecule has 1 aromatic rings. The maximum absolute atomic E-state index is 12.1. The fraction of sp³-hybridized carbons (Fsp3) is 0.522. The summed E-state index contributed by atoms with van der Waals surface area (Å²) in [7, 11) is 4.08. The smallest absolute Gasteiger partial charge is 0.163 e. The van der Waals surface area contributed by atoms with Gasteiger partial charge in [-0.05, 0) is 85.3 Å². The minimum atomic E-state index is -0.348. The third-order valence-electron chi connectivity index (χ3n) is 4.67. The van der Waals surface area contributed by atoms with Crippen molar-refractivity contribution in [2.24, 2.45) is 0 Å². The summed E-state index contributed by atoms with van der Waals surface area (Å²) in [5.74, 6) is 1.43. The quantitative estimate of drug-likeness (QED) is 0.343. The van der Waals surface area contributed by atoms with Gasteiger partial charge in [0.05, 0.1) is 17.7 Å². The van der Waals surface area contributed by atoms with Crippen LogP contribution in [-0.2, 0) is 0 Å². The minimum absolute atomic E-state index is 0.00528. The van der Waals surface area contributed by atoms with Crippen molar-refractivity contribution in [2.75, 3.05) is 27.2 Å². The molecular weight excluding hydrogens is 338 g/mol. The van der Waals surface area contributed by atoms with Gasteiger partial charge in [0.1, 0.15) is 17.1 Å². The second-order valence-corrected chi connectivity index (χ2v) is 7.98. The van der Waals surface area contributed by atoms with Gasteiger partial charge < -0.3 is 14.4 Å². The van der Waals surface area contributed by atoms with E-state index in [1.165, 1.54) is 5.57 Å². The number of hydrogen-bond donors (Lipinski definition) is 0. The average molecular weight is 372 g/mol. The summed E-state index contributed by atoms with van der Waals surface area (Å²) in [6.07, 6.45) is 9.15. The van der Waals surface area contributed by atoms with Crippen molar-refractivity contribution in [3.63, 3.8) is 0 Å². The molecule has 1 heterocycles. The molecule has 0 amide bonds. The second kappa shape index (κ2) is 9.23. The van der Waals surface area contributed by atoms with Gasteiger partial charge in [-0.15, -0.1) is 0 Å². The van der Waals surface area contributed by atoms with Crippen molar-refractivity contribution in [3.05, 3.63) is 41.0 Å². The number of ether oxygens (including phenoxy) is 2. The Bertz CT molecular complexity index is 729.